The Morgan fingerprint density at radius 2 is 2.11 bits per heavy atom. The van der Waals surface area contributed by atoms with E-state index in [0.717, 1.165) is 11.3 Å². The Bertz CT molecular complexity index is 579. The number of nitrogens with two attached hydrogens (primary N) is 1. The van der Waals surface area contributed by atoms with Crippen molar-refractivity contribution < 1.29 is 0 Å². The standard InChI is InChI=1S/C13H15N5/c1-9-4-3-5-10(6-9)18(2)13-11(7-14)12(15)16-8-17-13/h3-8,14H,1-2H3,(H2,15,16,17). The molecule has 0 fully saturated rings. The van der Waals surface area contributed by atoms with Gasteiger partial charge in [0.1, 0.15) is 18.0 Å². The highest BCUT2D eigenvalue weighted by Gasteiger charge is 2.12. The topological polar surface area (TPSA) is 78.9 Å². The van der Waals surface area contributed by atoms with E-state index in [9.17, 15) is 0 Å². The molecule has 2 rings (SSSR count). The summed E-state index contributed by atoms with van der Waals surface area (Å²) in [4.78, 5) is 9.99. The van der Waals surface area contributed by atoms with Gasteiger partial charge in [0, 0.05) is 18.9 Å². The predicted octanol–water partition coefficient (Wildman–Crippen LogP) is 2.13. The first kappa shape index (κ1) is 12.0. The quantitative estimate of drug-likeness (QED) is 0.807. The lowest BCUT2D eigenvalue weighted by atomic mass is 10.2. The van der Waals surface area contributed by atoms with Crippen LogP contribution in [0.4, 0.5) is 17.3 Å². The van der Waals surface area contributed by atoms with Crippen molar-refractivity contribution in [3.8, 4) is 0 Å². The van der Waals surface area contributed by atoms with E-state index < -0.39 is 0 Å². The molecule has 0 aliphatic heterocycles. The third-order valence-electron chi connectivity index (χ3n) is 2.74. The summed E-state index contributed by atoms with van der Waals surface area (Å²) in [5.41, 5.74) is 8.44. The van der Waals surface area contributed by atoms with Crippen molar-refractivity contribution in [2.45, 2.75) is 6.92 Å². The van der Waals surface area contributed by atoms with Gasteiger partial charge >= 0.3 is 0 Å². The lowest BCUT2D eigenvalue weighted by Gasteiger charge is -2.20. The Morgan fingerprint density at radius 1 is 1.33 bits per heavy atom. The van der Waals surface area contributed by atoms with Crippen molar-refractivity contribution in [1.82, 2.24) is 9.97 Å². The molecule has 1 aromatic heterocycles. The molecule has 0 radical (unpaired) electrons. The number of aromatic nitrogens is 2. The minimum Gasteiger partial charge on any atom is -0.383 e. The van der Waals surface area contributed by atoms with Gasteiger partial charge in [-0.25, -0.2) is 9.97 Å². The molecule has 5 heteroatoms. The Labute approximate surface area is 106 Å². The molecule has 92 valence electrons. The molecule has 0 amide bonds. The van der Waals surface area contributed by atoms with Gasteiger partial charge in [-0.05, 0) is 24.6 Å². The van der Waals surface area contributed by atoms with Crippen molar-refractivity contribution in [2.75, 3.05) is 17.7 Å². The van der Waals surface area contributed by atoms with Crippen LogP contribution in [0.5, 0.6) is 0 Å². The first-order valence-electron chi connectivity index (χ1n) is 5.55. The van der Waals surface area contributed by atoms with Crippen LogP contribution in [0.1, 0.15) is 11.1 Å². The van der Waals surface area contributed by atoms with Crippen LogP contribution in [0.2, 0.25) is 0 Å². The van der Waals surface area contributed by atoms with Crippen LogP contribution in [0.3, 0.4) is 0 Å². The fourth-order valence-electron chi connectivity index (χ4n) is 1.76. The van der Waals surface area contributed by atoms with Gasteiger partial charge < -0.3 is 16.0 Å². The maximum absolute atomic E-state index is 7.41. The Balaban J connectivity index is 2.49. The zero-order valence-corrected chi connectivity index (χ0v) is 10.4. The van der Waals surface area contributed by atoms with Crippen LogP contribution in [-0.4, -0.2) is 23.2 Å². The molecule has 1 aromatic carbocycles. The molecular formula is C13H15N5. The minimum absolute atomic E-state index is 0.314. The molecule has 0 aliphatic carbocycles. The van der Waals surface area contributed by atoms with E-state index >= 15 is 0 Å². The number of nitrogen functional groups attached to an aromatic ring is 1. The van der Waals surface area contributed by atoms with Gasteiger partial charge in [0.15, 0.2) is 0 Å². The molecular weight excluding hydrogens is 226 g/mol. The second-order valence-electron chi connectivity index (χ2n) is 4.04. The second kappa shape index (κ2) is 4.83. The first-order valence-corrected chi connectivity index (χ1v) is 5.55. The second-order valence-corrected chi connectivity index (χ2v) is 4.04. The average molecular weight is 241 g/mol. The number of hydrogen-bond donors (Lipinski definition) is 2. The zero-order chi connectivity index (χ0) is 13.1. The number of aryl methyl sites for hydroxylation is 1. The Kier molecular flexibility index (Phi) is 3.23. The predicted molar refractivity (Wildman–Crippen MR) is 73.6 cm³/mol. The van der Waals surface area contributed by atoms with Gasteiger partial charge in [-0.15, -0.1) is 0 Å². The van der Waals surface area contributed by atoms with E-state index in [2.05, 4.69) is 9.97 Å². The minimum atomic E-state index is 0.314. The molecule has 5 nitrogen and oxygen atoms in total. The maximum atomic E-state index is 7.41. The normalized spacial score (nSPS) is 10.1. The van der Waals surface area contributed by atoms with Crippen LogP contribution in [0.25, 0.3) is 0 Å². The van der Waals surface area contributed by atoms with Crippen molar-refractivity contribution in [2.24, 2.45) is 0 Å². The summed E-state index contributed by atoms with van der Waals surface area (Å²) in [5, 5.41) is 7.41. The van der Waals surface area contributed by atoms with E-state index in [1.54, 1.807) is 0 Å². The van der Waals surface area contributed by atoms with Crippen molar-refractivity contribution >= 4 is 23.5 Å². The fourth-order valence-corrected chi connectivity index (χ4v) is 1.76. The molecule has 0 saturated carbocycles. The average Bonchev–Trinajstić information content (AvgIpc) is 2.37. The number of rotatable bonds is 3. The summed E-state index contributed by atoms with van der Waals surface area (Å²) >= 11 is 0. The molecule has 1 heterocycles. The highest BCUT2D eigenvalue weighted by atomic mass is 15.2. The highest BCUT2D eigenvalue weighted by Crippen LogP contribution is 2.26. The molecule has 0 atom stereocenters. The molecule has 0 unspecified atom stereocenters. The lowest BCUT2D eigenvalue weighted by Crippen LogP contribution is -2.15. The molecule has 18 heavy (non-hydrogen) atoms. The summed E-state index contributed by atoms with van der Waals surface area (Å²) in [7, 11) is 1.89. The molecule has 0 spiro atoms. The van der Waals surface area contributed by atoms with E-state index in [1.165, 1.54) is 12.5 Å². The van der Waals surface area contributed by atoms with E-state index in [0.29, 0.717) is 17.2 Å². The monoisotopic (exact) mass is 241 g/mol. The third kappa shape index (κ3) is 2.15. The zero-order valence-electron chi connectivity index (χ0n) is 10.4. The number of anilines is 3. The molecule has 0 bridgehead atoms. The van der Waals surface area contributed by atoms with Gasteiger partial charge in [-0.3, -0.25) is 0 Å². The fraction of sp³-hybridized carbons (Fsp3) is 0.154. The van der Waals surface area contributed by atoms with Gasteiger partial charge in [0.05, 0.1) is 5.56 Å². The van der Waals surface area contributed by atoms with Crippen LogP contribution >= 0.6 is 0 Å². The largest absolute Gasteiger partial charge is 0.383 e. The number of nitrogens with one attached hydrogen (secondary N) is 1. The molecule has 0 aliphatic rings. The van der Waals surface area contributed by atoms with Crippen molar-refractivity contribution in [1.29, 1.82) is 5.41 Å². The van der Waals surface area contributed by atoms with Gasteiger partial charge in [0.2, 0.25) is 0 Å². The van der Waals surface area contributed by atoms with Crippen LogP contribution in [0.15, 0.2) is 30.6 Å². The lowest BCUT2D eigenvalue weighted by molar-refractivity contribution is 1.08. The Hall–Kier alpha value is -2.43. The molecule has 2 aromatic rings. The van der Waals surface area contributed by atoms with Gasteiger partial charge in [0.25, 0.3) is 0 Å². The highest BCUT2D eigenvalue weighted by molar-refractivity contribution is 5.91. The number of benzene rings is 1. The number of hydrogen-bond acceptors (Lipinski definition) is 5. The van der Waals surface area contributed by atoms with Crippen molar-refractivity contribution in [3.63, 3.8) is 0 Å². The maximum Gasteiger partial charge on any atom is 0.147 e. The van der Waals surface area contributed by atoms with Crippen molar-refractivity contribution in [3.05, 3.63) is 41.7 Å². The molecule has 3 N–H and O–H groups in total. The summed E-state index contributed by atoms with van der Waals surface area (Å²) in [6, 6.07) is 8.05. The third-order valence-corrected chi connectivity index (χ3v) is 2.74. The smallest absolute Gasteiger partial charge is 0.147 e. The summed E-state index contributed by atoms with van der Waals surface area (Å²) in [6.07, 6.45) is 2.58. The summed E-state index contributed by atoms with van der Waals surface area (Å²) < 4.78 is 0. The summed E-state index contributed by atoms with van der Waals surface area (Å²) in [5.74, 6) is 0.942. The van der Waals surface area contributed by atoms with Crippen LogP contribution in [-0.2, 0) is 0 Å². The van der Waals surface area contributed by atoms with E-state index in [-0.39, 0.29) is 0 Å². The van der Waals surface area contributed by atoms with Crippen LogP contribution in [0, 0.1) is 12.3 Å². The van der Waals surface area contributed by atoms with E-state index in [1.807, 2.05) is 43.1 Å². The number of nitrogens with zero attached hydrogens (tertiary/aromatic N) is 3. The Morgan fingerprint density at radius 3 is 2.78 bits per heavy atom. The summed E-state index contributed by atoms with van der Waals surface area (Å²) in [6.45, 7) is 2.03. The molecule has 0 saturated heterocycles. The van der Waals surface area contributed by atoms with Gasteiger partial charge in [-0.1, -0.05) is 12.1 Å². The van der Waals surface area contributed by atoms with Gasteiger partial charge in [-0.2, -0.15) is 0 Å². The first-order chi connectivity index (χ1) is 8.63. The van der Waals surface area contributed by atoms with Crippen LogP contribution < -0.4 is 10.6 Å². The SMILES string of the molecule is Cc1cccc(N(C)c2ncnc(N)c2C=N)c1. The van der Waals surface area contributed by atoms with E-state index in [4.69, 9.17) is 11.1 Å².